The molecule has 196 valence electrons. The first-order valence-electron chi connectivity index (χ1n) is 12.0. The third-order valence-electron chi connectivity index (χ3n) is 5.94. The molecule has 0 saturated heterocycles. The van der Waals surface area contributed by atoms with Crippen LogP contribution >= 0.6 is 15.9 Å². The van der Waals surface area contributed by atoms with Crippen LogP contribution < -0.4 is 9.62 Å². The number of rotatable bonds is 10. The van der Waals surface area contributed by atoms with E-state index in [2.05, 4.69) is 21.2 Å². The number of halogens is 1. The number of anilines is 1. The molecule has 3 aromatic carbocycles. The van der Waals surface area contributed by atoms with Crippen LogP contribution in [0.15, 0.2) is 82.2 Å². The summed E-state index contributed by atoms with van der Waals surface area (Å²) in [6.45, 7) is 7.39. The standard InChI is InChI=1S/C28H32BrN3O4S/c1-5-30-28(34)22(4)31(18-23-9-6-8-21(3)16-23)27(33)19-32(25-11-7-10-24(29)17-25)37(35,36)26-14-12-20(2)13-15-26/h6-17,22H,5,18-19H2,1-4H3,(H,30,34)/t22-/m1/s1. The first-order valence-corrected chi connectivity index (χ1v) is 14.2. The maximum Gasteiger partial charge on any atom is 0.264 e. The number of benzene rings is 3. The Morgan fingerprint density at radius 3 is 2.24 bits per heavy atom. The minimum absolute atomic E-state index is 0.0767. The number of aryl methyl sites for hydroxylation is 2. The van der Waals surface area contributed by atoms with E-state index < -0.39 is 28.5 Å². The fourth-order valence-electron chi connectivity index (χ4n) is 3.91. The molecule has 0 unspecified atom stereocenters. The average Bonchev–Trinajstić information content (AvgIpc) is 2.85. The number of carbonyl (C=O) groups is 2. The van der Waals surface area contributed by atoms with Crippen molar-refractivity contribution >= 4 is 43.5 Å². The Bertz CT molecular complexity index is 1360. The van der Waals surface area contributed by atoms with Crippen molar-refractivity contribution < 1.29 is 18.0 Å². The van der Waals surface area contributed by atoms with Crippen molar-refractivity contribution in [2.24, 2.45) is 0 Å². The minimum Gasteiger partial charge on any atom is -0.355 e. The Kier molecular flexibility index (Phi) is 9.50. The third-order valence-corrected chi connectivity index (χ3v) is 8.22. The molecule has 0 heterocycles. The van der Waals surface area contributed by atoms with Crippen molar-refractivity contribution in [2.75, 3.05) is 17.4 Å². The first-order chi connectivity index (χ1) is 17.5. The van der Waals surface area contributed by atoms with Crippen molar-refractivity contribution in [3.8, 4) is 0 Å². The Morgan fingerprint density at radius 1 is 0.946 bits per heavy atom. The summed E-state index contributed by atoms with van der Waals surface area (Å²) in [6.07, 6.45) is 0. The highest BCUT2D eigenvalue weighted by atomic mass is 79.9. The van der Waals surface area contributed by atoms with E-state index in [0.29, 0.717) is 16.7 Å². The predicted molar refractivity (Wildman–Crippen MR) is 150 cm³/mol. The average molecular weight is 587 g/mol. The molecule has 7 nitrogen and oxygen atoms in total. The van der Waals surface area contributed by atoms with Gasteiger partial charge in [-0.15, -0.1) is 0 Å². The summed E-state index contributed by atoms with van der Waals surface area (Å²) in [6, 6.07) is 20.1. The zero-order valence-corrected chi connectivity index (χ0v) is 23.8. The molecule has 37 heavy (non-hydrogen) atoms. The second-order valence-electron chi connectivity index (χ2n) is 8.89. The van der Waals surface area contributed by atoms with Crippen molar-refractivity contribution in [1.29, 1.82) is 0 Å². The molecule has 0 aliphatic carbocycles. The number of nitrogens with zero attached hydrogens (tertiary/aromatic N) is 2. The molecule has 0 aromatic heterocycles. The fourth-order valence-corrected chi connectivity index (χ4v) is 5.70. The summed E-state index contributed by atoms with van der Waals surface area (Å²) in [5.41, 5.74) is 3.13. The van der Waals surface area contributed by atoms with Gasteiger partial charge in [0.1, 0.15) is 12.6 Å². The summed E-state index contributed by atoms with van der Waals surface area (Å²) in [4.78, 5) is 28.1. The minimum atomic E-state index is -4.09. The second-order valence-corrected chi connectivity index (χ2v) is 11.7. The normalized spacial score (nSPS) is 12.0. The lowest BCUT2D eigenvalue weighted by molar-refractivity contribution is -0.139. The van der Waals surface area contributed by atoms with E-state index in [1.165, 1.54) is 17.0 Å². The second kappa shape index (κ2) is 12.4. The Hall–Kier alpha value is -3.17. The number of likely N-dealkylation sites (N-methyl/N-ethyl adjacent to an activating group) is 1. The zero-order chi connectivity index (χ0) is 27.2. The first kappa shape index (κ1) is 28.4. The molecule has 3 rings (SSSR count). The molecule has 0 fully saturated rings. The lowest BCUT2D eigenvalue weighted by Gasteiger charge is -2.32. The Labute approximate surface area is 227 Å². The van der Waals surface area contributed by atoms with Gasteiger partial charge in [0.15, 0.2) is 0 Å². The number of nitrogens with one attached hydrogen (secondary N) is 1. The van der Waals surface area contributed by atoms with Crippen LogP contribution in [0.1, 0.15) is 30.5 Å². The van der Waals surface area contributed by atoms with E-state index in [4.69, 9.17) is 0 Å². The summed E-state index contributed by atoms with van der Waals surface area (Å²) in [7, 11) is -4.09. The van der Waals surface area contributed by atoms with Gasteiger partial charge in [-0.05, 0) is 63.6 Å². The van der Waals surface area contributed by atoms with Gasteiger partial charge in [-0.3, -0.25) is 13.9 Å². The predicted octanol–water partition coefficient (Wildman–Crippen LogP) is 4.81. The van der Waals surface area contributed by atoms with Crippen LogP contribution in [0.25, 0.3) is 0 Å². The van der Waals surface area contributed by atoms with Crippen molar-refractivity contribution in [1.82, 2.24) is 10.2 Å². The topological polar surface area (TPSA) is 86.8 Å². The number of carbonyl (C=O) groups excluding carboxylic acids is 2. The van der Waals surface area contributed by atoms with E-state index in [1.807, 2.05) is 38.1 Å². The van der Waals surface area contributed by atoms with Gasteiger partial charge in [-0.25, -0.2) is 8.42 Å². The zero-order valence-electron chi connectivity index (χ0n) is 21.4. The maximum absolute atomic E-state index is 13.8. The van der Waals surface area contributed by atoms with Crippen molar-refractivity contribution in [2.45, 2.75) is 45.2 Å². The fraction of sp³-hybridized carbons (Fsp3) is 0.286. The van der Waals surface area contributed by atoms with Gasteiger partial charge in [0.05, 0.1) is 10.6 Å². The molecule has 0 saturated carbocycles. The third kappa shape index (κ3) is 7.20. The van der Waals surface area contributed by atoms with Crippen molar-refractivity contribution in [3.05, 3.63) is 94.0 Å². The Morgan fingerprint density at radius 2 is 1.62 bits per heavy atom. The SMILES string of the molecule is CCNC(=O)[C@@H](C)N(Cc1cccc(C)c1)C(=O)CN(c1cccc(Br)c1)S(=O)(=O)c1ccc(C)cc1. The number of hydrogen-bond acceptors (Lipinski definition) is 4. The van der Waals surface area contributed by atoms with E-state index in [-0.39, 0.29) is 17.3 Å². The monoisotopic (exact) mass is 585 g/mol. The molecule has 0 aliphatic rings. The molecule has 0 aliphatic heterocycles. The molecule has 0 spiro atoms. The van der Waals surface area contributed by atoms with E-state index in [9.17, 15) is 18.0 Å². The number of sulfonamides is 1. The van der Waals surface area contributed by atoms with Crippen LogP contribution in [0.2, 0.25) is 0 Å². The van der Waals surface area contributed by atoms with Gasteiger partial charge >= 0.3 is 0 Å². The van der Waals surface area contributed by atoms with Gasteiger partial charge in [0, 0.05) is 17.6 Å². The van der Waals surface area contributed by atoms with Gasteiger partial charge in [-0.1, -0.05) is 69.5 Å². The smallest absolute Gasteiger partial charge is 0.264 e. The molecule has 0 bridgehead atoms. The van der Waals surface area contributed by atoms with Crippen molar-refractivity contribution in [3.63, 3.8) is 0 Å². The molecular formula is C28H32BrN3O4S. The van der Waals surface area contributed by atoms with E-state index >= 15 is 0 Å². The molecule has 0 radical (unpaired) electrons. The highest BCUT2D eigenvalue weighted by Gasteiger charge is 2.32. The molecule has 3 aromatic rings. The van der Waals surface area contributed by atoms with Gasteiger partial charge in [0.25, 0.3) is 10.0 Å². The highest BCUT2D eigenvalue weighted by molar-refractivity contribution is 9.10. The van der Waals surface area contributed by atoms with E-state index in [0.717, 1.165) is 21.0 Å². The van der Waals surface area contributed by atoms with E-state index in [1.54, 1.807) is 50.2 Å². The van der Waals surface area contributed by atoms with Crippen LogP contribution in [-0.4, -0.2) is 44.3 Å². The lowest BCUT2D eigenvalue weighted by atomic mass is 10.1. The summed E-state index contributed by atoms with van der Waals surface area (Å²) in [5, 5.41) is 2.76. The van der Waals surface area contributed by atoms with Crippen LogP contribution in [0, 0.1) is 13.8 Å². The quantitative estimate of drug-likeness (QED) is 0.370. The molecule has 2 amide bonds. The molecule has 1 N–H and O–H groups in total. The summed E-state index contributed by atoms with van der Waals surface area (Å²) < 4.78 is 29.3. The summed E-state index contributed by atoms with van der Waals surface area (Å²) in [5.74, 6) is -0.796. The Balaban J connectivity index is 2.03. The van der Waals surface area contributed by atoms with Crippen LogP contribution in [-0.2, 0) is 26.2 Å². The number of hydrogen-bond donors (Lipinski definition) is 1. The van der Waals surface area contributed by atoms with Gasteiger partial charge < -0.3 is 10.2 Å². The molecular weight excluding hydrogens is 554 g/mol. The van der Waals surface area contributed by atoms with Crippen LogP contribution in [0.4, 0.5) is 5.69 Å². The molecule has 1 atom stereocenters. The summed E-state index contributed by atoms with van der Waals surface area (Å²) >= 11 is 3.40. The van der Waals surface area contributed by atoms with Crippen LogP contribution in [0.5, 0.6) is 0 Å². The largest absolute Gasteiger partial charge is 0.355 e. The van der Waals surface area contributed by atoms with Gasteiger partial charge in [0.2, 0.25) is 11.8 Å². The van der Waals surface area contributed by atoms with Crippen LogP contribution in [0.3, 0.4) is 0 Å². The molecule has 9 heteroatoms. The highest BCUT2D eigenvalue weighted by Crippen LogP contribution is 2.27. The van der Waals surface area contributed by atoms with Gasteiger partial charge in [-0.2, -0.15) is 0 Å². The maximum atomic E-state index is 13.8. The number of amides is 2. The lowest BCUT2D eigenvalue weighted by Crippen LogP contribution is -2.51.